The molecule has 1 atom stereocenters. The van der Waals surface area contributed by atoms with Crippen LogP contribution in [0.1, 0.15) is 69.3 Å². The third kappa shape index (κ3) is 5.31. The van der Waals surface area contributed by atoms with E-state index in [2.05, 4.69) is 64.8 Å². The van der Waals surface area contributed by atoms with E-state index >= 15 is 0 Å². The number of amides is 1. The van der Waals surface area contributed by atoms with Crippen LogP contribution in [0.2, 0.25) is 0 Å². The molecule has 0 saturated carbocycles. The molecule has 0 radical (unpaired) electrons. The second-order valence-corrected chi connectivity index (χ2v) is 9.70. The maximum atomic E-state index is 12.7. The van der Waals surface area contributed by atoms with Gasteiger partial charge in [-0.15, -0.1) is 11.3 Å². The van der Waals surface area contributed by atoms with Crippen molar-refractivity contribution in [2.75, 3.05) is 10.6 Å². The van der Waals surface area contributed by atoms with Gasteiger partial charge in [-0.2, -0.15) is 0 Å². The molecule has 33 heavy (non-hydrogen) atoms. The molecule has 0 fully saturated rings. The van der Waals surface area contributed by atoms with Gasteiger partial charge in [-0.05, 0) is 62.1 Å². The molecule has 0 saturated heterocycles. The molecular weight excluding hydrogens is 432 g/mol. The molecular formula is C26H28N4O2S. The van der Waals surface area contributed by atoms with Crippen molar-refractivity contribution in [2.45, 2.75) is 46.6 Å². The molecule has 0 aliphatic carbocycles. The lowest BCUT2D eigenvalue weighted by Crippen LogP contribution is -2.18. The summed E-state index contributed by atoms with van der Waals surface area (Å²) in [5.41, 5.74) is 5.08. The van der Waals surface area contributed by atoms with Crippen LogP contribution in [0.4, 0.5) is 10.9 Å². The van der Waals surface area contributed by atoms with Crippen molar-refractivity contribution >= 4 is 28.2 Å². The van der Waals surface area contributed by atoms with Gasteiger partial charge in [0.25, 0.3) is 5.91 Å². The number of aromatic nitrogens is 2. The van der Waals surface area contributed by atoms with Gasteiger partial charge in [0.15, 0.2) is 5.76 Å². The Bertz CT molecular complexity index is 1220. The van der Waals surface area contributed by atoms with Crippen molar-refractivity contribution < 1.29 is 9.21 Å². The van der Waals surface area contributed by atoms with Crippen molar-refractivity contribution in [3.05, 3.63) is 93.5 Å². The average molecular weight is 461 g/mol. The lowest BCUT2D eigenvalue weighted by molar-refractivity contribution is 0.0997. The van der Waals surface area contributed by atoms with Gasteiger partial charge in [0.1, 0.15) is 5.00 Å². The molecule has 2 N–H and O–H groups in total. The van der Waals surface area contributed by atoms with Crippen LogP contribution in [0.5, 0.6) is 0 Å². The third-order valence-electron chi connectivity index (χ3n) is 5.36. The van der Waals surface area contributed by atoms with Crippen LogP contribution in [-0.4, -0.2) is 15.9 Å². The van der Waals surface area contributed by atoms with E-state index in [1.165, 1.54) is 23.2 Å². The molecule has 4 aromatic rings. The van der Waals surface area contributed by atoms with E-state index in [9.17, 15) is 4.79 Å². The Hall–Kier alpha value is -3.45. The van der Waals surface area contributed by atoms with Gasteiger partial charge in [0, 0.05) is 21.8 Å². The first-order valence-corrected chi connectivity index (χ1v) is 11.8. The maximum Gasteiger partial charge on any atom is 0.291 e. The molecule has 1 amide bonds. The minimum Gasteiger partial charge on any atom is -0.459 e. The molecule has 6 nitrogen and oxygen atoms in total. The Morgan fingerprint density at radius 3 is 2.24 bits per heavy atom. The lowest BCUT2D eigenvalue weighted by Gasteiger charge is -2.21. The number of hydrogen-bond donors (Lipinski definition) is 2. The molecule has 170 valence electrons. The number of carbonyl (C=O) groups excluding carboxylic acids is 1. The van der Waals surface area contributed by atoms with E-state index in [0.29, 0.717) is 11.9 Å². The second-order valence-electron chi connectivity index (χ2n) is 8.45. The SMILES string of the molecule is Cc1cc(C)nc(N[C@@H](c2ccc(C(C)C)cc2)c2cc(C)sc2NC(=O)c2ccco2)n1. The van der Waals surface area contributed by atoms with E-state index in [0.717, 1.165) is 32.4 Å². The van der Waals surface area contributed by atoms with E-state index in [-0.39, 0.29) is 17.7 Å². The van der Waals surface area contributed by atoms with Crippen molar-refractivity contribution in [3.8, 4) is 0 Å². The standard InChI is InChI=1S/C26H28N4O2S/c1-15(2)19-8-10-20(11-9-19)23(29-26-27-16(3)13-17(4)28-26)21-14-18(5)33-25(21)30-24(31)22-7-6-12-32-22/h6-15,23H,1-5H3,(H,30,31)(H,27,28,29)/t23-/m0/s1. The summed E-state index contributed by atoms with van der Waals surface area (Å²) in [6.07, 6.45) is 1.49. The average Bonchev–Trinajstić information content (AvgIpc) is 3.41. The van der Waals surface area contributed by atoms with Gasteiger partial charge >= 0.3 is 0 Å². The van der Waals surface area contributed by atoms with Crippen LogP contribution in [-0.2, 0) is 0 Å². The summed E-state index contributed by atoms with van der Waals surface area (Å²) < 4.78 is 5.27. The van der Waals surface area contributed by atoms with E-state index in [1.807, 2.05) is 26.8 Å². The Labute approximate surface area is 198 Å². The number of benzene rings is 1. The first-order chi connectivity index (χ1) is 15.8. The van der Waals surface area contributed by atoms with E-state index in [4.69, 9.17) is 4.42 Å². The predicted octanol–water partition coefficient (Wildman–Crippen LogP) is 6.63. The molecule has 3 aromatic heterocycles. The molecule has 0 bridgehead atoms. The number of nitrogens with zero attached hydrogens (tertiary/aromatic N) is 2. The lowest BCUT2D eigenvalue weighted by atomic mass is 9.96. The van der Waals surface area contributed by atoms with Crippen molar-refractivity contribution in [1.29, 1.82) is 0 Å². The smallest absolute Gasteiger partial charge is 0.291 e. The Kier molecular flexibility index (Phi) is 6.60. The Morgan fingerprint density at radius 2 is 1.64 bits per heavy atom. The Balaban J connectivity index is 1.75. The number of anilines is 2. The summed E-state index contributed by atoms with van der Waals surface area (Å²) in [4.78, 5) is 23.0. The molecule has 0 aliphatic heterocycles. The maximum absolute atomic E-state index is 12.7. The molecule has 4 rings (SSSR count). The fraction of sp³-hybridized carbons (Fsp3) is 0.269. The Morgan fingerprint density at radius 1 is 0.970 bits per heavy atom. The topological polar surface area (TPSA) is 80.0 Å². The first-order valence-electron chi connectivity index (χ1n) is 10.9. The minimum atomic E-state index is -0.278. The molecule has 0 spiro atoms. The molecule has 0 unspecified atom stereocenters. The molecule has 7 heteroatoms. The monoisotopic (exact) mass is 460 g/mol. The second kappa shape index (κ2) is 9.58. The summed E-state index contributed by atoms with van der Waals surface area (Å²) in [5.74, 6) is 0.993. The molecule has 1 aromatic carbocycles. The van der Waals surface area contributed by atoms with Crippen LogP contribution in [0.15, 0.2) is 59.2 Å². The van der Waals surface area contributed by atoms with Crippen LogP contribution in [0.25, 0.3) is 0 Å². The minimum absolute atomic E-state index is 0.246. The number of nitrogens with one attached hydrogen (secondary N) is 2. The first kappa shape index (κ1) is 22.7. The quantitative estimate of drug-likeness (QED) is 0.323. The predicted molar refractivity (Wildman–Crippen MR) is 133 cm³/mol. The summed E-state index contributed by atoms with van der Waals surface area (Å²) in [7, 11) is 0. The van der Waals surface area contributed by atoms with Gasteiger partial charge in [-0.1, -0.05) is 38.1 Å². The van der Waals surface area contributed by atoms with Crippen LogP contribution < -0.4 is 10.6 Å². The number of hydrogen-bond acceptors (Lipinski definition) is 6. The number of aryl methyl sites for hydroxylation is 3. The highest BCUT2D eigenvalue weighted by Gasteiger charge is 2.23. The van der Waals surface area contributed by atoms with E-state index < -0.39 is 0 Å². The number of thiophene rings is 1. The van der Waals surface area contributed by atoms with Gasteiger partial charge < -0.3 is 15.1 Å². The van der Waals surface area contributed by atoms with Crippen molar-refractivity contribution in [3.63, 3.8) is 0 Å². The van der Waals surface area contributed by atoms with Gasteiger partial charge in [0.2, 0.25) is 5.95 Å². The fourth-order valence-corrected chi connectivity index (χ4v) is 4.70. The highest BCUT2D eigenvalue weighted by atomic mass is 32.1. The summed E-state index contributed by atoms with van der Waals surface area (Å²) in [5, 5.41) is 7.31. The normalized spacial score (nSPS) is 12.1. The summed E-state index contributed by atoms with van der Waals surface area (Å²) in [6, 6.07) is 15.7. The summed E-state index contributed by atoms with van der Waals surface area (Å²) >= 11 is 1.53. The van der Waals surface area contributed by atoms with Crippen molar-refractivity contribution in [2.24, 2.45) is 0 Å². The van der Waals surface area contributed by atoms with Crippen molar-refractivity contribution in [1.82, 2.24) is 9.97 Å². The number of rotatable bonds is 7. The summed E-state index contributed by atoms with van der Waals surface area (Å²) in [6.45, 7) is 10.3. The highest BCUT2D eigenvalue weighted by molar-refractivity contribution is 7.16. The van der Waals surface area contributed by atoms with Crippen LogP contribution in [0.3, 0.4) is 0 Å². The number of furan rings is 1. The number of carbonyl (C=O) groups is 1. The zero-order valence-electron chi connectivity index (χ0n) is 19.5. The third-order valence-corrected chi connectivity index (χ3v) is 6.34. The molecule has 0 aliphatic rings. The van der Waals surface area contributed by atoms with Gasteiger partial charge in [-0.3, -0.25) is 4.79 Å². The van der Waals surface area contributed by atoms with Gasteiger partial charge in [0.05, 0.1) is 12.3 Å². The highest BCUT2D eigenvalue weighted by Crippen LogP contribution is 2.37. The zero-order chi connectivity index (χ0) is 23.5. The van der Waals surface area contributed by atoms with E-state index in [1.54, 1.807) is 12.1 Å². The zero-order valence-corrected chi connectivity index (χ0v) is 20.3. The van der Waals surface area contributed by atoms with Gasteiger partial charge in [-0.25, -0.2) is 9.97 Å². The fourth-order valence-electron chi connectivity index (χ4n) is 3.75. The van der Waals surface area contributed by atoms with Crippen LogP contribution in [0, 0.1) is 20.8 Å². The van der Waals surface area contributed by atoms with Crippen LogP contribution >= 0.6 is 11.3 Å². The largest absolute Gasteiger partial charge is 0.459 e. The molecule has 3 heterocycles.